The van der Waals surface area contributed by atoms with Crippen molar-refractivity contribution in [3.63, 3.8) is 0 Å². The fraction of sp³-hybridized carbons (Fsp3) is 0.0625. The third kappa shape index (κ3) is 4.17. The summed E-state index contributed by atoms with van der Waals surface area (Å²) in [4.78, 5) is 10.9. The first-order valence-electron chi connectivity index (χ1n) is 6.80. The van der Waals surface area contributed by atoms with E-state index in [-0.39, 0.29) is 10.8 Å². The second-order valence-corrected chi connectivity index (χ2v) is 6.40. The van der Waals surface area contributed by atoms with Gasteiger partial charge in [-0.25, -0.2) is 17.2 Å². The maximum atomic E-state index is 13.6. The zero-order valence-corrected chi connectivity index (χ0v) is 13.4. The van der Waals surface area contributed by atoms with E-state index < -0.39 is 27.3 Å². The molecule has 0 saturated heterocycles. The van der Waals surface area contributed by atoms with Gasteiger partial charge < -0.3 is 5.32 Å². The van der Waals surface area contributed by atoms with E-state index in [1.54, 1.807) is 0 Å². The number of likely N-dealkylation sites (N-methyl/N-ethyl adjacent to an activating group) is 1. The van der Waals surface area contributed by atoms with Gasteiger partial charge in [0.2, 0.25) is 5.91 Å². The predicted molar refractivity (Wildman–Crippen MR) is 86.7 cm³/mol. The Balaban J connectivity index is 2.24. The number of carbonyl (C=O) groups is 1. The Morgan fingerprint density at radius 2 is 1.62 bits per heavy atom. The molecular weight excluding hydrogens is 338 g/mol. The lowest BCUT2D eigenvalue weighted by molar-refractivity contribution is -0.115. The number of hydrogen-bond acceptors (Lipinski definition) is 3. The van der Waals surface area contributed by atoms with Gasteiger partial charge >= 0.3 is 0 Å². The summed E-state index contributed by atoms with van der Waals surface area (Å²) in [6.07, 6.45) is 2.79. The molecule has 2 aromatic carbocycles. The SMILES string of the molecule is CNC(=O)/C=C/c1ccc(S(=O)(=O)Nc2c(F)cccc2F)cc1. The molecule has 5 nitrogen and oxygen atoms in total. The summed E-state index contributed by atoms with van der Waals surface area (Å²) in [6.45, 7) is 0. The predicted octanol–water partition coefficient (Wildman–Crippen LogP) is 2.52. The number of halogens is 2. The number of anilines is 1. The summed E-state index contributed by atoms with van der Waals surface area (Å²) in [5.41, 5.74) is -0.143. The van der Waals surface area contributed by atoms with Crippen LogP contribution in [0.4, 0.5) is 14.5 Å². The molecule has 2 rings (SSSR count). The molecule has 24 heavy (non-hydrogen) atoms. The monoisotopic (exact) mass is 352 g/mol. The highest BCUT2D eigenvalue weighted by atomic mass is 32.2. The van der Waals surface area contributed by atoms with E-state index in [1.807, 2.05) is 4.72 Å². The summed E-state index contributed by atoms with van der Waals surface area (Å²) in [6, 6.07) is 8.50. The Kier molecular flexibility index (Phi) is 5.30. The van der Waals surface area contributed by atoms with Crippen molar-refractivity contribution in [2.24, 2.45) is 0 Å². The zero-order valence-electron chi connectivity index (χ0n) is 12.6. The van der Waals surface area contributed by atoms with Crippen LogP contribution in [0.15, 0.2) is 53.4 Å². The number of hydrogen-bond donors (Lipinski definition) is 2. The molecule has 0 aliphatic carbocycles. The van der Waals surface area contributed by atoms with Gasteiger partial charge in [0.25, 0.3) is 10.0 Å². The lowest BCUT2D eigenvalue weighted by Gasteiger charge is -2.10. The van der Waals surface area contributed by atoms with Crippen molar-refractivity contribution >= 4 is 27.7 Å². The minimum atomic E-state index is -4.14. The first kappa shape index (κ1) is 17.6. The molecule has 0 bridgehead atoms. The van der Waals surface area contributed by atoms with Crippen molar-refractivity contribution in [2.75, 3.05) is 11.8 Å². The van der Waals surface area contributed by atoms with Crippen molar-refractivity contribution in [1.29, 1.82) is 0 Å². The molecule has 0 unspecified atom stereocenters. The normalized spacial score (nSPS) is 11.5. The molecular formula is C16H14F2N2O3S. The van der Waals surface area contributed by atoms with Gasteiger partial charge in [0, 0.05) is 13.1 Å². The van der Waals surface area contributed by atoms with Crippen LogP contribution in [-0.2, 0) is 14.8 Å². The lowest BCUT2D eigenvalue weighted by Crippen LogP contribution is -2.15. The Labute approximate surface area is 138 Å². The number of para-hydroxylation sites is 1. The van der Waals surface area contributed by atoms with Crippen LogP contribution in [0.5, 0.6) is 0 Å². The fourth-order valence-corrected chi connectivity index (χ4v) is 2.88. The van der Waals surface area contributed by atoms with Crippen LogP contribution in [0.25, 0.3) is 6.08 Å². The Morgan fingerprint density at radius 3 is 2.17 bits per heavy atom. The van der Waals surface area contributed by atoms with Gasteiger partial charge in [-0.3, -0.25) is 9.52 Å². The molecule has 0 radical (unpaired) electrons. The lowest BCUT2D eigenvalue weighted by atomic mass is 10.2. The molecule has 0 fully saturated rings. The first-order chi connectivity index (χ1) is 11.3. The number of amides is 1. The molecule has 0 atom stereocenters. The number of rotatable bonds is 5. The van der Waals surface area contributed by atoms with Gasteiger partial charge in [-0.2, -0.15) is 0 Å². The van der Waals surface area contributed by atoms with E-state index >= 15 is 0 Å². The van der Waals surface area contributed by atoms with Gasteiger partial charge in [0.1, 0.15) is 17.3 Å². The molecule has 0 aliphatic rings. The van der Waals surface area contributed by atoms with Crippen LogP contribution in [0.3, 0.4) is 0 Å². The van der Waals surface area contributed by atoms with E-state index in [2.05, 4.69) is 5.32 Å². The van der Waals surface area contributed by atoms with Crippen molar-refractivity contribution in [3.8, 4) is 0 Å². The van der Waals surface area contributed by atoms with Crippen LogP contribution >= 0.6 is 0 Å². The van der Waals surface area contributed by atoms with E-state index in [0.717, 1.165) is 18.2 Å². The standard InChI is InChI=1S/C16H14F2N2O3S/c1-19-15(21)10-7-11-5-8-12(9-6-11)24(22,23)20-16-13(17)3-2-4-14(16)18/h2-10,20H,1H3,(H,19,21)/b10-7+. The summed E-state index contributed by atoms with van der Waals surface area (Å²) < 4.78 is 53.4. The molecule has 8 heteroatoms. The third-order valence-corrected chi connectivity index (χ3v) is 4.43. The smallest absolute Gasteiger partial charge is 0.262 e. The number of sulfonamides is 1. The van der Waals surface area contributed by atoms with Crippen molar-refractivity contribution < 1.29 is 22.0 Å². The van der Waals surface area contributed by atoms with Crippen LogP contribution in [0.2, 0.25) is 0 Å². The van der Waals surface area contributed by atoms with E-state index in [9.17, 15) is 22.0 Å². The van der Waals surface area contributed by atoms with Crippen molar-refractivity contribution in [3.05, 3.63) is 65.7 Å². The molecule has 0 spiro atoms. The maximum Gasteiger partial charge on any atom is 0.262 e. The first-order valence-corrected chi connectivity index (χ1v) is 8.28. The Hall–Kier alpha value is -2.74. The van der Waals surface area contributed by atoms with Crippen molar-refractivity contribution in [1.82, 2.24) is 5.32 Å². The van der Waals surface area contributed by atoms with Crippen LogP contribution in [0, 0.1) is 11.6 Å². The minimum Gasteiger partial charge on any atom is -0.356 e. The second-order valence-electron chi connectivity index (χ2n) is 4.72. The average molecular weight is 352 g/mol. The molecule has 2 N–H and O–H groups in total. The Bertz CT molecular complexity index is 858. The number of nitrogens with one attached hydrogen (secondary N) is 2. The van der Waals surface area contributed by atoms with Gasteiger partial charge in [0.15, 0.2) is 0 Å². The van der Waals surface area contributed by atoms with Gasteiger partial charge in [-0.15, -0.1) is 0 Å². The van der Waals surface area contributed by atoms with E-state index in [4.69, 9.17) is 0 Å². The number of benzene rings is 2. The molecule has 0 aromatic heterocycles. The van der Waals surface area contributed by atoms with E-state index in [1.165, 1.54) is 43.5 Å². The summed E-state index contributed by atoms with van der Waals surface area (Å²) in [5, 5.41) is 2.41. The fourth-order valence-electron chi connectivity index (χ4n) is 1.80. The van der Waals surface area contributed by atoms with Gasteiger partial charge in [-0.1, -0.05) is 18.2 Å². The topological polar surface area (TPSA) is 75.3 Å². The largest absolute Gasteiger partial charge is 0.356 e. The average Bonchev–Trinajstić information content (AvgIpc) is 2.56. The molecule has 0 heterocycles. The summed E-state index contributed by atoms with van der Waals surface area (Å²) >= 11 is 0. The van der Waals surface area contributed by atoms with Crippen molar-refractivity contribution in [2.45, 2.75) is 4.90 Å². The molecule has 0 aliphatic heterocycles. The zero-order chi connectivity index (χ0) is 17.7. The third-order valence-electron chi connectivity index (χ3n) is 3.06. The van der Waals surface area contributed by atoms with Gasteiger partial charge in [0.05, 0.1) is 4.90 Å². The quantitative estimate of drug-likeness (QED) is 0.812. The molecule has 1 amide bonds. The van der Waals surface area contributed by atoms with Crippen LogP contribution in [0.1, 0.15) is 5.56 Å². The van der Waals surface area contributed by atoms with E-state index in [0.29, 0.717) is 5.56 Å². The summed E-state index contributed by atoms with van der Waals surface area (Å²) in [5.74, 6) is -2.32. The highest BCUT2D eigenvalue weighted by molar-refractivity contribution is 7.92. The second kappa shape index (κ2) is 7.22. The maximum absolute atomic E-state index is 13.6. The van der Waals surface area contributed by atoms with Gasteiger partial charge in [-0.05, 0) is 35.9 Å². The Morgan fingerprint density at radius 1 is 1.04 bits per heavy atom. The molecule has 126 valence electrons. The van der Waals surface area contributed by atoms with Crippen LogP contribution < -0.4 is 10.0 Å². The summed E-state index contributed by atoms with van der Waals surface area (Å²) in [7, 11) is -2.66. The number of carbonyl (C=O) groups excluding carboxylic acids is 1. The van der Waals surface area contributed by atoms with Crippen LogP contribution in [-0.4, -0.2) is 21.4 Å². The minimum absolute atomic E-state index is 0.165. The highest BCUT2D eigenvalue weighted by Gasteiger charge is 2.18. The molecule has 2 aromatic rings. The molecule has 0 saturated carbocycles. The highest BCUT2D eigenvalue weighted by Crippen LogP contribution is 2.22.